The van der Waals surface area contributed by atoms with Crippen molar-refractivity contribution in [3.63, 3.8) is 0 Å². The Labute approximate surface area is 75.6 Å². The molecule has 0 amide bonds. The Balaban J connectivity index is 2.87. The first-order chi connectivity index (χ1) is 5.95. The second-order valence-electron chi connectivity index (χ2n) is 2.37. The molecule has 1 rings (SSSR count). The molecule has 0 radical (unpaired) electrons. The van der Waals surface area contributed by atoms with Crippen LogP contribution in [0.15, 0.2) is 12.1 Å². The molecule has 0 aliphatic heterocycles. The second-order valence-corrected chi connectivity index (χ2v) is 3.49. The first-order valence-electron chi connectivity index (χ1n) is 3.36. The van der Waals surface area contributed by atoms with E-state index in [1.165, 1.54) is 0 Å². The third kappa shape index (κ3) is 2.41. The van der Waals surface area contributed by atoms with Gasteiger partial charge in [0, 0.05) is 4.88 Å². The van der Waals surface area contributed by atoms with Crippen LogP contribution in [-0.4, -0.2) is 11.8 Å². The average molecular weight is 214 g/mol. The maximum absolute atomic E-state index is 12.0. The van der Waals surface area contributed by atoms with Gasteiger partial charge in [0.2, 0.25) is 0 Å². The second kappa shape index (κ2) is 3.63. The van der Waals surface area contributed by atoms with Crippen molar-refractivity contribution >= 4 is 11.3 Å². The molecule has 6 heteroatoms. The number of rotatable bonds is 2. The van der Waals surface area contributed by atoms with E-state index in [-0.39, 0.29) is 4.88 Å². The monoisotopic (exact) mass is 214 g/mol. The Morgan fingerprint density at radius 1 is 1.38 bits per heavy atom. The van der Waals surface area contributed by atoms with Crippen LogP contribution in [0.5, 0.6) is 0 Å². The minimum Gasteiger partial charge on any atom is -0.385 e. The number of aliphatic hydroxyl groups is 1. The van der Waals surface area contributed by atoms with Gasteiger partial charge < -0.3 is 5.11 Å². The van der Waals surface area contributed by atoms with Gasteiger partial charge in [0.25, 0.3) is 0 Å². The molecule has 0 aliphatic rings. The third-order valence-corrected chi connectivity index (χ3v) is 2.61. The van der Waals surface area contributed by atoms with Gasteiger partial charge in [0.1, 0.15) is 17.7 Å². The van der Waals surface area contributed by atoms with E-state index in [0.717, 1.165) is 12.1 Å². The largest absolute Gasteiger partial charge is 0.425 e. The van der Waals surface area contributed by atoms with Crippen molar-refractivity contribution in [2.45, 2.75) is 12.3 Å². The summed E-state index contributed by atoms with van der Waals surface area (Å²) in [6.07, 6.45) is -5.86. The molecule has 1 atom stereocenters. The molecular weight excluding hydrogens is 208 g/mol. The lowest BCUT2D eigenvalue weighted by atomic mass is 10.3. The molecule has 1 N–H and O–H groups in total. The molecule has 0 aliphatic carbocycles. The van der Waals surface area contributed by atoms with Crippen molar-refractivity contribution in [3.05, 3.63) is 21.9 Å². The van der Waals surface area contributed by atoms with Gasteiger partial charge >= 0.3 is 6.18 Å². The van der Waals surface area contributed by atoms with Gasteiger partial charge in [-0.1, -0.05) is 0 Å². The molecule has 13 heavy (non-hydrogen) atoms. The van der Waals surface area contributed by atoms with Crippen LogP contribution in [0.25, 0.3) is 0 Å². The molecule has 1 heterocycles. The van der Waals surface area contributed by atoms with E-state index >= 15 is 0 Å². The summed E-state index contributed by atoms with van der Waals surface area (Å²) in [6, 6.07) is 1.91. The van der Waals surface area contributed by atoms with E-state index in [9.17, 15) is 17.6 Å². The van der Waals surface area contributed by atoms with E-state index in [4.69, 9.17) is 5.11 Å². The van der Waals surface area contributed by atoms with Crippen molar-refractivity contribution in [2.24, 2.45) is 0 Å². The lowest BCUT2D eigenvalue weighted by molar-refractivity contribution is -0.134. The Morgan fingerprint density at radius 2 is 2.00 bits per heavy atom. The van der Waals surface area contributed by atoms with Crippen LogP contribution in [0.3, 0.4) is 0 Å². The number of halogens is 4. The van der Waals surface area contributed by atoms with Crippen LogP contribution in [0.1, 0.15) is 15.9 Å². The molecular formula is C7H6F4OS. The van der Waals surface area contributed by atoms with Crippen molar-refractivity contribution in [2.75, 3.05) is 6.67 Å². The molecule has 74 valence electrons. The van der Waals surface area contributed by atoms with E-state index in [1.807, 2.05) is 0 Å². The van der Waals surface area contributed by atoms with Crippen molar-refractivity contribution < 1.29 is 22.7 Å². The molecule has 0 saturated heterocycles. The van der Waals surface area contributed by atoms with Gasteiger partial charge in [-0.2, -0.15) is 13.2 Å². The van der Waals surface area contributed by atoms with Gasteiger partial charge in [-0.25, -0.2) is 4.39 Å². The van der Waals surface area contributed by atoms with Crippen LogP contribution < -0.4 is 0 Å². The Hall–Kier alpha value is -0.620. The lowest BCUT2D eigenvalue weighted by Crippen LogP contribution is -2.00. The summed E-state index contributed by atoms with van der Waals surface area (Å²) in [6.45, 7) is -1.07. The third-order valence-electron chi connectivity index (χ3n) is 1.38. The summed E-state index contributed by atoms with van der Waals surface area (Å²) >= 11 is 0.357. The number of hydrogen-bond acceptors (Lipinski definition) is 2. The lowest BCUT2D eigenvalue weighted by Gasteiger charge is -2.02. The molecule has 1 unspecified atom stereocenters. The van der Waals surface area contributed by atoms with Crippen LogP contribution in [0.4, 0.5) is 17.6 Å². The highest BCUT2D eigenvalue weighted by molar-refractivity contribution is 7.12. The van der Waals surface area contributed by atoms with E-state index in [1.54, 1.807) is 0 Å². The molecule has 1 aromatic heterocycles. The molecule has 0 aromatic carbocycles. The maximum atomic E-state index is 12.0. The highest BCUT2D eigenvalue weighted by Crippen LogP contribution is 2.36. The maximum Gasteiger partial charge on any atom is 0.425 e. The number of alkyl halides is 4. The summed E-state index contributed by atoms with van der Waals surface area (Å²) in [7, 11) is 0. The van der Waals surface area contributed by atoms with Crippen LogP contribution >= 0.6 is 11.3 Å². The minimum absolute atomic E-state index is 0.00479. The Kier molecular flexibility index (Phi) is 2.92. The predicted molar refractivity (Wildman–Crippen MR) is 40.3 cm³/mol. The summed E-state index contributed by atoms with van der Waals surface area (Å²) in [5.41, 5.74) is 0. The fraction of sp³-hybridized carbons (Fsp3) is 0.429. The molecule has 0 fully saturated rings. The Morgan fingerprint density at radius 3 is 2.38 bits per heavy atom. The van der Waals surface area contributed by atoms with E-state index < -0.39 is 23.8 Å². The SMILES string of the molecule is OC(CF)c1ccc(C(F)(F)F)s1. The highest BCUT2D eigenvalue weighted by atomic mass is 32.1. The fourth-order valence-electron chi connectivity index (χ4n) is 0.760. The molecule has 0 spiro atoms. The normalized spacial score (nSPS) is 14.5. The summed E-state index contributed by atoms with van der Waals surface area (Å²) in [4.78, 5) is -0.829. The first kappa shape index (κ1) is 10.5. The van der Waals surface area contributed by atoms with Gasteiger partial charge in [-0.15, -0.1) is 11.3 Å². The van der Waals surface area contributed by atoms with Crippen molar-refractivity contribution in [1.82, 2.24) is 0 Å². The number of thiophene rings is 1. The summed E-state index contributed by atoms with van der Waals surface area (Å²) in [5.74, 6) is 0. The zero-order valence-electron chi connectivity index (χ0n) is 6.31. The Bertz CT molecular complexity index is 280. The molecule has 1 nitrogen and oxygen atoms in total. The van der Waals surface area contributed by atoms with Gasteiger partial charge in [0.05, 0.1) is 0 Å². The van der Waals surface area contributed by atoms with Crippen molar-refractivity contribution in [3.8, 4) is 0 Å². The van der Waals surface area contributed by atoms with E-state index in [0.29, 0.717) is 11.3 Å². The summed E-state index contributed by atoms with van der Waals surface area (Å²) in [5, 5.41) is 8.88. The van der Waals surface area contributed by atoms with Gasteiger partial charge in [0.15, 0.2) is 0 Å². The predicted octanol–water partition coefficient (Wildman–Crippen LogP) is 2.77. The standard InChI is InChI=1S/C7H6F4OS/c8-3-4(12)5-1-2-6(13-5)7(9,10)11/h1-2,4,12H,3H2. The molecule has 0 bridgehead atoms. The highest BCUT2D eigenvalue weighted by Gasteiger charge is 2.32. The summed E-state index contributed by atoms with van der Waals surface area (Å²) < 4.78 is 47.9. The van der Waals surface area contributed by atoms with Crippen LogP contribution in [-0.2, 0) is 6.18 Å². The fourth-order valence-corrected chi connectivity index (χ4v) is 1.60. The van der Waals surface area contributed by atoms with E-state index in [2.05, 4.69) is 0 Å². The first-order valence-corrected chi connectivity index (χ1v) is 4.17. The van der Waals surface area contributed by atoms with Crippen LogP contribution in [0, 0.1) is 0 Å². The minimum atomic E-state index is -4.42. The smallest absolute Gasteiger partial charge is 0.385 e. The average Bonchev–Trinajstić information content (AvgIpc) is 2.50. The number of hydrogen-bond donors (Lipinski definition) is 1. The molecule has 1 aromatic rings. The van der Waals surface area contributed by atoms with Gasteiger partial charge in [-0.3, -0.25) is 0 Å². The zero-order chi connectivity index (χ0) is 10.1. The zero-order valence-corrected chi connectivity index (χ0v) is 7.12. The topological polar surface area (TPSA) is 20.2 Å². The van der Waals surface area contributed by atoms with Crippen LogP contribution in [0.2, 0.25) is 0 Å². The quantitative estimate of drug-likeness (QED) is 0.750. The number of aliphatic hydroxyl groups excluding tert-OH is 1. The molecule has 0 saturated carbocycles. The van der Waals surface area contributed by atoms with Gasteiger partial charge in [-0.05, 0) is 12.1 Å². The van der Waals surface area contributed by atoms with Crippen molar-refractivity contribution in [1.29, 1.82) is 0 Å².